The zero-order valence-electron chi connectivity index (χ0n) is 6.84. The third-order valence-corrected chi connectivity index (χ3v) is 2.27. The smallest absolute Gasteiger partial charge is 0.0568 e. The lowest BCUT2D eigenvalue weighted by Crippen LogP contribution is -2.08. The molecular weight excluding hydrogens is 124 g/mol. The standard InChI is InChI=1S/C9H18O/c1-2-3-4-5-9(10)8-6-7-8/h8-10H,2-7H2,1H3/t9-/m1/s1. The molecule has 0 heterocycles. The molecule has 0 aromatic rings. The average Bonchev–Trinajstić information content (AvgIpc) is 2.69. The van der Waals surface area contributed by atoms with E-state index in [-0.39, 0.29) is 6.10 Å². The summed E-state index contributed by atoms with van der Waals surface area (Å²) in [4.78, 5) is 0. The summed E-state index contributed by atoms with van der Waals surface area (Å²) in [6.45, 7) is 2.20. The molecule has 0 spiro atoms. The lowest BCUT2D eigenvalue weighted by molar-refractivity contribution is 0.138. The number of hydrogen-bond acceptors (Lipinski definition) is 1. The van der Waals surface area contributed by atoms with Crippen molar-refractivity contribution >= 4 is 0 Å². The van der Waals surface area contributed by atoms with Crippen LogP contribution in [-0.4, -0.2) is 11.2 Å². The van der Waals surface area contributed by atoms with Crippen LogP contribution in [0.4, 0.5) is 0 Å². The van der Waals surface area contributed by atoms with Crippen molar-refractivity contribution in [3.63, 3.8) is 0 Å². The summed E-state index contributed by atoms with van der Waals surface area (Å²) in [5.74, 6) is 0.678. The molecular formula is C9H18O. The molecule has 1 aliphatic carbocycles. The highest BCUT2D eigenvalue weighted by molar-refractivity contribution is 4.80. The third kappa shape index (κ3) is 2.70. The van der Waals surface area contributed by atoms with Crippen molar-refractivity contribution < 1.29 is 5.11 Å². The SMILES string of the molecule is CCCCC[C@@H](O)C1CC1. The van der Waals surface area contributed by atoms with Crippen molar-refractivity contribution in [3.8, 4) is 0 Å². The Bertz CT molecular complexity index is 86.7. The van der Waals surface area contributed by atoms with E-state index in [1.807, 2.05) is 0 Å². The predicted molar refractivity (Wildman–Crippen MR) is 42.9 cm³/mol. The van der Waals surface area contributed by atoms with Crippen LogP contribution in [0.3, 0.4) is 0 Å². The second kappa shape index (κ2) is 3.97. The molecule has 0 saturated heterocycles. The molecule has 1 heteroatoms. The summed E-state index contributed by atoms with van der Waals surface area (Å²) in [5, 5.41) is 9.42. The van der Waals surface area contributed by atoms with Crippen LogP contribution in [0.1, 0.15) is 45.4 Å². The Kier molecular flexibility index (Phi) is 3.20. The Hall–Kier alpha value is -0.0400. The number of hydrogen-bond donors (Lipinski definition) is 1. The van der Waals surface area contributed by atoms with E-state index in [9.17, 15) is 5.11 Å². The first-order valence-corrected chi connectivity index (χ1v) is 4.52. The summed E-state index contributed by atoms with van der Waals surface area (Å²) < 4.78 is 0. The van der Waals surface area contributed by atoms with Gasteiger partial charge in [-0.25, -0.2) is 0 Å². The predicted octanol–water partition coefficient (Wildman–Crippen LogP) is 2.34. The topological polar surface area (TPSA) is 20.2 Å². The first-order valence-electron chi connectivity index (χ1n) is 4.52. The number of aliphatic hydroxyl groups is 1. The maximum Gasteiger partial charge on any atom is 0.0568 e. The molecule has 0 unspecified atom stereocenters. The van der Waals surface area contributed by atoms with Crippen LogP contribution in [0.2, 0.25) is 0 Å². The molecule has 60 valence electrons. The van der Waals surface area contributed by atoms with Crippen LogP contribution in [0.15, 0.2) is 0 Å². The van der Waals surface area contributed by atoms with E-state index in [2.05, 4.69) is 6.92 Å². The van der Waals surface area contributed by atoms with Gasteiger partial charge in [0.1, 0.15) is 0 Å². The minimum atomic E-state index is 0.0338. The second-order valence-corrected chi connectivity index (χ2v) is 3.40. The van der Waals surface area contributed by atoms with Crippen molar-refractivity contribution in [1.82, 2.24) is 0 Å². The molecule has 1 rings (SSSR count). The maximum absolute atomic E-state index is 9.42. The molecule has 0 aromatic carbocycles. The van der Waals surface area contributed by atoms with Gasteiger partial charge in [0.2, 0.25) is 0 Å². The number of unbranched alkanes of at least 4 members (excludes halogenated alkanes) is 2. The van der Waals surface area contributed by atoms with Crippen LogP contribution in [0.25, 0.3) is 0 Å². The van der Waals surface area contributed by atoms with Gasteiger partial charge in [0.05, 0.1) is 6.10 Å². The van der Waals surface area contributed by atoms with Crippen LogP contribution in [0.5, 0.6) is 0 Å². The van der Waals surface area contributed by atoms with Gasteiger partial charge in [-0.15, -0.1) is 0 Å². The van der Waals surface area contributed by atoms with Gasteiger partial charge in [-0.05, 0) is 25.2 Å². The summed E-state index contributed by atoms with van der Waals surface area (Å²) in [6.07, 6.45) is 7.38. The first-order chi connectivity index (χ1) is 4.84. The van der Waals surface area contributed by atoms with Gasteiger partial charge in [-0.1, -0.05) is 26.2 Å². The summed E-state index contributed by atoms with van der Waals surface area (Å²) in [6, 6.07) is 0. The Morgan fingerprint density at radius 1 is 1.40 bits per heavy atom. The molecule has 0 amide bonds. The average molecular weight is 142 g/mol. The van der Waals surface area contributed by atoms with Gasteiger partial charge in [0, 0.05) is 0 Å². The van der Waals surface area contributed by atoms with Crippen molar-refractivity contribution in [2.75, 3.05) is 0 Å². The van der Waals surface area contributed by atoms with E-state index >= 15 is 0 Å². The van der Waals surface area contributed by atoms with Crippen LogP contribution in [-0.2, 0) is 0 Å². The van der Waals surface area contributed by atoms with E-state index in [0.717, 1.165) is 6.42 Å². The molecule has 1 fully saturated rings. The Labute approximate surface area is 63.4 Å². The lowest BCUT2D eigenvalue weighted by atomic mass is 10.1. The largest absolute Gasteiger partial charge is 0.393 e. The molecule has 0 bridgehead atoms. The molecule has 1 nitrogen and oxygen atoms in total. The van der Waals surface area contributed by atoms with Gasteiger partial charge < -0.3 is 5.11 Å². The highest BCUT2D eigenvalue weighted by Gasteiger charge is 2.28. The highest BCUT2D eigenvalue weighted by atomic mass is 16.3. The second-order valence-electron chi connectivity index (χ2n) is 3.40. The molecule has 1 saturated carbocycles. The first kappa shape index (κ1) is 8.06. The van der Waals surface area contributed by atoms with E-state index in [1.165, 1.54) is 32.1 Å². The van der Waals surface area contributed by atoms with E-state index in [4.69, 9.17) is 0 Å². The van der Waals surface area contributed by atoms with Crippen molar-refractivity contribution in [2.45, 2.75) is 51.6 Å². The molecule has 0 radical (unpaired) electrons. The molecule has 1 N–H and O–H groups in total. The van der Waals surface area contributed by atoms with Gasteiger partial charge >= 0.3 is 0 Å². The normalized spacial score (nSPS) is 21.0. The monoisotopic (exact) mass is 142 g/mol. The Balaban J connectivity index is 1.90. The van der Waals surface area contributed by atoms with E-state index in [0.29, 0.717) is 5.92 Å². The molecule has 0 aliphatic heterocycles. The van der Waals surface area contributed by atoms with Crippen LogP contribution < -0.4 is 0 Å². The minimum Gasteiger partial charge on any atom is -0.393 e. The van der Waals surface area contributed by atoms with Gasteiger partial charge in [-0.3, -0.25) is 0 Å². The molecule has 1 aliphatic rings. The zero-order valence-corrected chi connectivity index (χ0v) is 6.84. The highest BCUT2D eigenvalue weighted by Crippen LogP contribution is 2.34. The Morgan fingerprint density at radius 2 is 2.10 bits per heavy atom. The van der Waals surface area contributed by atoms with Gasteiger partial charge in [0.25, 0.3) is 0 Å². The van der Waals surface area contributed by atoms with Crippen LogP contribution >= 0.6 is 0 Å². The fourth-order valence-electron chi connectivity index (χ4n) is 1.32. The number of rotatable bonds is 5. The summed E-state index contributed by atoms with van der Waals surface area (Å²) >= 11 is 0. The summed E-state index contributed by atoms with van der Waals surface area (Å²) in [5.41, 5.74) is 0. The molecule has 1 atom stereocenters. The summed E-state index contributed by atoms with van der Waals surface area (Å²) in [7, 11) is 0. The van der Waals surface area contributed by atoms with Gasteiger partial charge in [-0.2, -0.15) is 0 Å². The number of aliphatic hydroxyl groups excluding tert-OH is 1. The fourth-order valence-corrected chi connectivity index (χ4v) is 1.32. The maximum atomic E-state index is 9.42. The van der Waals surface area contributed by atoms with Crippen molar-refractivity contribution in [3.05, 3.63) is 0 Å². The van der Waals surface area contributed by atoms with E-state index < -0.39 is 0 Å². The fraction of sp³-hybridized carbons (Fsp3) is 1.00. The molecule has 10 heavy (non-hydrogen) atoms. The molecule has 0 aromatic heterocycles. The lowest BCUT2D eigenvalue weighted by Gasteiger charge is -2.06. The Morgan fingerprint density at radius 3 is 2.60 bits per heavy atom. The van der Waals surface area contributed by atoms with E-state index in [1.54, 1.807) is 0 Å². The van der Waals surface area contributed by atoms with Crippen molar-refractivity contribution in [1.29, 1.82) is 0 Å². The van der Waals surface area contributed by atoms with Crippen LogP contribution in [0, 0.1) is 5.92 Å². The quantitative estimate of drug-likeness (QED) is 0.584. The zero-order chi connectivity index (χ0) is 7.40. The van der Waals surface area contributed by atoms with Gasteiger partial charge in [0.15, 0.2) is 0 Å². The third-order valence-electron chi connectivity index (χ3n) is 2.27. The minimum absolute atomic E-state index is 0.0338. The van der Waals surface area contributed by atoms with Crippen molar-refractivity contribution in [2.24, 2.45) is 5.92 Å².